The zero-order chi connectivity index (χ0) is 11.4. The molecule has 0 aromatic heterocycles. The molecule has 0 aliphatic carbocycles. The SMILES string of the molecule is CC[As+](O)(c1ccccc1)c1ccccc1. The van der Waals surface area contributed by atoms with Crippen LogP contribution in [-0.2, 0) is 0 Å². The van der Waals surface area contributed by atoms with E-state index in [1.807, 2.05) is 60.7 Å². The number of rotatable bonds is 3. The van der Waals surface area contributed by atoms with Gasteiger partial charge in [-0.1, -0.05) is 0 Å². The molecular weight excluding hydrogens is 259 g/mol. The fourth-order valence-corrected chi connectivity index (χ4v) is 6.81. The molecule has 0 spiro atoms. The Morgan fingerprint density at radius 1 is 0.812 bits per heavy atom. The molecule has 1 N–H and O–H groups in total. The maximum absolute atomic E-state index is 10.9. The van der Waals surface area contributed by atoms with Crippen molar-refractivity contribution in [1.82, 2.24) is 0 Å². The standard InChI is InChI=1S/C14H16AsO/c1-2-15(16,13-9-5-3-6-10-13)14-11-7-4-8-12-14/h3-12,16H,2H2,1H3/q+1. The molecule has 0 bridgehead atoms. The van der Waals surface area contributed by atoms with Crippen LogP contribution in [0.4, 0.5) is 0 Å². The summed E-state index contributed by atoms with van der Waals surface area (Å²) in [4.78, 5) is 0. The summed E-state index contributed by atoms with van der Waals surface area (Å²) in [6.07, 6.45) is 0. The third kappa shape index (κ3) is 2.06. The van der Waals surface area contributed by atoms with E-state index in [1.54, 1.807) is 0 Å². The average Bonchev–Trinajstić information content (AvgIpc) is 2.40. The topological polar surface area (TPSA) is 20.2 Å². The van der Waals surface area contributed by atoms with E-state index in [2.05, 4.69) is 6.92 Å². The van der Waals surface area contributed by atoms with Crippen molar-refractivity contribution in [3.63, 3.8) is 0 Å². The molecule has 0 saturated carbocycles. The van der Waals surface area contributed by atoms with Gasteiger partial charge in [-0.2, -0.15) is 0 Å². The van der Waals surface area contributed by atoms with Crippen LogP contribution in [0.25, 0.3) is 0 Å². The van der Waals surface area contributed by atoms with Crippen LogP contribution in [0.15, 0.2) is 60.7 Å². The van der Waals surface area contributed by atoms with E-state index in [4.69, 9.17) is 0 Å². The molecule has 0 radical (unpaired) electrons. The minimum absolute atomic E-state index is 0.840. The summed E-state index contributed by atoms with van der Waals surface area (Å²) in [5, 5.41) is 0.840. The summed E-state index contributed by atoms with van der Waals surface area (Å²) in [5.41, 5.74) is 0. The van der Waals surface area contributed by atoms with Crippen molar-refractivity contribution in [2.75, 3.05) is 0 Å². The molecule has 0 unspecified atom stereocenters. The minimum atomic E-state index is -2.86. The van der Waals surface area contributed by atoms with E-state index in [-0.39, 0.29) is 0 Å². The van der Waals surface area contributed by atoms with Gasteiger partial charge < -0.3 is 0 Å². The molecule has 0 saturated heterocycles. The van der Waals surface area contributed by atoms with E-state index in [0.29, 0.717) is 0 Å². The summed E-state index contributed by atoms with van der Waals surface area (Å²) in [6, 6.07) is 20.2. The number of hydrogen-bond acceptors (Lipinski definition) is 1. The number of hydrogen-bond donors (Lipinski definition) is 1. The van der Waals surface area contributed by atoms with Crippen molar-refractivity contribution >= 4 is 22.6 Å². The van der Waals surface area contributed by atoms with Crippen molar-refractivity contribution in [2.24, 2.45) is 0 Å². The summed E-state index contributed by atoms with van der Waals surface area (Å²) in [7, 11) is 0. The molecule has 0 heterocycles. The Labute approximate surface area is 99.6 Å². The third-order valence-electron chi connectivity index (χ3n) is 2.82. The maximum atomic E-state index is 10.9. The van der Waals surface area contributed by atoms with E-state index >= 15 is 0 Å². The van der Waals surface area contributed by atoms with Gasteiger partial charge in [0.15, 0.2) is 0 Å². The Hall–Kier alpha value is -1.04. The van der Waals surface area contributed by atoms with Gasteiger partial charge in [0.1, 0.15) is 0 Å². The quantitative estimate of drug-likeness (QED) is 0.846. The second kappa shape index (κ2) is 4.86. The van der Waals surface area contributed by atoms with Crippen LogP contribution in [-0.4, -0.2) is 18.0 Å². The van der Waals surface area contributed by atoms with Crippen molar-refractivity contribution in [2.45, 2.75) is 12.1 Å². The third-order valence-corrected chi connectivity index (χ3v) is 9.58. The van der Waals surface area contributed by atoms with Crippen molar-refractivity contribution in [3.05, 3.63) is 60.7 Å². The summed E-state index contributed by atoms with van der Waals surface area (Å²) < 4.78 is 13.2. The molecule has 0 amide bonds. The predicted octanol–water partition coefficient (Wildman–Crippen LogP) is 1.76. The molecule has 16 heavy (non-hydrogen) atoms. The van der Waals surface area contributed by atoms with Crippen LogP contribution in [0.5, 0.6) is 0 Å². The van der Waals surface area contributed by atoms with E-state index in [9.17, 15) is 4.10 Å². The van der Waals surface area contributed by atoms with E-state index in [0.717, 1.165) is 13.9 Å². The molecule has 0 fully saturated rings. The van der Waals surface area contributed by atoms with Gasteiger partial charge >= 0.3 is 99.5 Å². The van der Waals surface area contributed by atoms with Gasteiger partial charge in [0.25, 0.3) is 0 Å². The molecule has 2 aromatic carbocycles. The first-order chi connectivity index (χ1) is 7.77. The normalized spacial score (nSPS) is 11.4. The van der Waals surface area contributed by atoms with Crippen LogP contribution < -0.4 is 8.70 Å². The zero-order valence-electron chi connectivity index (χ0n) is 9.38. The molecule has 1 nitrogen and oxygen atoms in total. The Kier molecular flexibility index (Phi) is 3.48. The van der Waals surface area contributed by atoms with E-state index < -0.39 is 13.9 Å². The summed E-state index contributed by atoms with van der Waals surface area (Å²) >= 11 is -2.86. The molecule has 2 rings (SSSR count). The first kappa shape index (κ1) is 11.4. The monoisotopic (exact) mass is 275 g/mol. The molecule has 0 atom stereocenters. The fraction of sp³-hybridized carbons (Fsp3) is 0.143. The Morgan fingerprint density at radius 3 is 1.50 bits per heavy atom. The predicted molar refractivity (Wildman–Crippen MR) is 70.6 cm³/mol. The molecule has 0 aliphatic rings. The van der Waals surface area contributed by atoms with Crippen molar-refractivity contribution in [1.29, 1.82) is 0 Å². The summed E-state index contributed by atoms with van der Waals surface area (Å²) in [6.45, 7) is 2.08. The first-order valence-corrected chi connectivity index (χ1v) is 9.53. The average molecular weight is 275 g/mol. The molecular formula is C14H16AsO+. The Bertz CT molecular complexity index is 399. The first-order valence-electron chi connectivity index (χ1n) is 5.49. The van der Waals surface area contributed by atoms with Crippen LogP contribution in [0.2, 0.25) is 5.21 Å². The fourth-order valence-electron chi connectivity index (χ4n) is 1.86. The molecule has 2 heteroatoms. The van der Waals surface area contributed by atoms with E-state index in [1.165, 1.54) is 0 Å². The van der Waals surface area contributed by atoms with Crippen molar-refractivity contribution in [3.8, 4) is 0 Å². The van der Waals surface area contributed by atoms with Crippen molar-refractivity contribution < 1.29 is 4.10 Å². The van der Waals surface area contributed by atoms with Gasteiger partial charge in [0.2, 0.25) is 0 Å². The molecule has 2 aromatic rings. The number of benzene rings is 2. The van der Waals surface area contributed by atoms with Gasteiger partial charge in [0.05, 0.1) is 0 Å². The van der Waals surface area contributed by atoms with Gasteiger partial charge in [0, 0.05) is 0 Å². The molecule has 82 valence electrons. The molecule has 0 aliphatic heterocycles. The van der Waals surface area contributed by atoms with Gasteiger partial charge in [-0.15, -0.1) is 0 Å². The van der Waals surface area contributed by atoms with Crippen LogP contribution in [0, 0.1) is 0 Å². The Balaban J connectivity index is 2.49. The second-order valence-corrected chi connectivity index (χ2v) is 10.5. The van der Waals surface area contributed by atoms with Crippen LogP contribution >= 0.6 is 0 Å². The van der Waals surface area contributed by atoms with Gasteiger partial charge in [-0.05, 0) is 0 Å². The van der Waals surface area contributed by atoms with Crippen LogP contribution in [0.1, 0.15) is 6.92 Å². The van der Waals surface area contributed by atoms with Crippen LogP contribution in [0.3, 0.4) is 0 Å². The zero-order valence-corrected chi connectivity index (χ0v) is 11.3. The second-order valence-electron chi connectivity index (χ2n) is 3.76. The van der Waals surface area contributed by atoms with Gasteiger partial charge in [-0.25, -0.2) is 0 Å². The van der Waals surface area contributed by atoms with Gasteiger partial charge in [-0.3, -0.25) is 0 Å². The Morgan fingerprint density at radius 2 is 1.19 bits per heavy atom. The summed E-state index contributed by atoms with van der Waals surface area (Å²) in [5.74, 6) is 0.